The van der Waals surface area contributed by atoms with E-state index in [1.165, 1.54) is 38.4 Å². The van der Waals surface area contributed by atoms with Crippen LogP contribution in [0.1, 0.15) is 19.3 Å². The first-order chi connectivity index (χ1) is 11.2. The maximum absolute atomic E-state index is 11.5. The van der Waals surface area contributed by atoms with Crippen LogP contribution in [0, 0.1) is 5.92 Å². The Kier molecular flexibility index (Phi) is 3.98. The molecule has 3 N–H and O–H groups in total. The molecular formula is C16H26N6O. The van der Waals surface area contributed by atoms with Gasteiger partial charge in [-0.15, -0.1) is 0 Å². The van der Waals surface area contributed by atoms with Crippen molar-refractivity contribution in [1.29, 1.82) is 0 Å². The number of nitrogen functional groups attached to an aromatic ring is 1. The molecule has 0 spiro atoms. The van der Waals surface area contributed by atoms with Crippen molar-refractivity contribution in [3.63, 3.8) is 0 Å². The van der Waals surface area contributed by atoms with Gasteiger partial charge in [0.1, 0.15) is 5.82 Å². The number of nitrogens with one attached hydrogen (secondary N) is 1. The average Bonchev–Trinajstić information content (AvgIpc) is 3.15. The van der Waals surface area contributed by atoms with Gasteiger partial charge in [-0.1, -0.05) is 0 Å². The fourth-order valence-electron chi connectivity index (χ4n) is 4.40. The van der Waals surface area contributed by atoms with Gasteiger partial charge in [0.15, 0.2) is 0 Å². The summed E-state index contributed by atoms with van der Waals surface area (Å²) in [5.41, 5.74) is 5.45. The van der Waals surface area contributed by atoms with E-state index in [0.29, 0.717) is 5.82 Å². The molecule has 1 aromatic rings. The third-order valence-corrected chi connectivity index (χ3v) is 5.67. The molecule has 23 heavy (non-hydrogen) atoms. The minimum atomic E-state index is -0.181. The van der Waals surface area contributed by atoms with Crippen LogP contribution < -0.4 is 16.2 Å². The summed E-state index contributed by atoms with van der Waals surface area (Å²) in [6.45, 7) is 7.54. The number of rotatable bonds is 4. The first-order valence-electron chi connectivity index (χ1n) is 8.75. The molecule has 0 radical (unpaired) electrons. The summed E-state index contributed by atoms with van der Waals surface area (Å²) >= 11 is 0. The zero-order chi connectivity index (χ0) is 15.8. The van der Waals surface area contributed by atoms with Gasteiger partial charge in [-0.25, -0.2) is 0 Å². The highest BCUT2D eigenvalue weighted by molar-refractivity contribution is 5.41. The van der Waals surface area contributed by atoms with Crippen molar-refractivity contribution in [3.05, 3.63) is 16.4 Å². The summed E-state index contributed by atoms with van der Waals surface area (Å²) in [5.74, 6) is 1.87. The lowest BCUT2D eigenvalue weighted by Crippen LogP contribution is -2.49. The lowest BCUT2D eigenvalue weighted by molar-refractivity contribution is 0.167. The Bertz CT molecular complexity index is 609. The fourth-order valence-corrected chi connectivity index (χ4v) is 4.40. The number of hydrogen-bond donors (Lipinski definition) is 2. The van der Waals surface area contributed by atoms with Crippen LogP contribution in [0.15, 0.2) is 10.9 Å². The highest BCUT2D eigenvalue weighted by Gasteiger charge is 2.37. The second-order valence-corrected chi connectivity index (χ2v) is 7.15. The topological polar surface area (TPSA) is 81.5 Å². The summed E-state index contributed by atoms with van der Waals surface area (Å²) in [6.07, 6.45) is 4.30. The molecule has 2 saturated heterocycles. The number of hydrogen-bond acceptors (Lipinski definition) is 6. The summed E-state index contributed by atoms with van der Waals surface area (Å²) in [6, 6.07) is 2.40. The molecular weight excluding hydrogens is 292 g/mol. The van der Waals surface area contributed by atoms with E-state index in [1.807, 2.05) is 0 Å². The maximum Gasteiger partial charge on any atom is 0.254 e. The number of likely N-dealkylation sites (tertiary alicyclic amines) is 1. The minimum Gasteiger partial charge on any atom is -0.369 e. The Balaban J connectivity index is 1.27. The number of fused-ring (bicyclic) bond motifs is 2. The normalized spacial score (nSPS) is 28.6. The number of aromatic nitrogens is 2. The summed E-state index contributed by atoms with van der Waals surface area (Å²) in [5, 5.41) is 0. The van der Waals surface area contributed by atoms with Crippen molar-refractivity contribution in [2.75, 3.05) is 56.4 Å². The van der Waals surface area contributed by atoms with E-state index in [0.717, 1.165) is 44.7 Å². The largest absolute Gasteiger partial charge is 0.369 e. The molecule has 7 heteroatoms. The van der Waals surface area contributed by atoms with Gasteiger partial charge in [0.05, 0.1) is 0 Å². The highest BCUT2D eigenvalue weighted by atomic mass is 16.1. The van der Waals surface area contributed by atoms with Gasteiger partial charge in [0.2, 0.25) is 5.95 Å². The van der Waals surface area contributed by atoms with Crippen molar-refractivity contribution in [3.8, 4) is 0 Å². The molecule has 0 amide bonds. The molecule has 0 aromatic carbocycles. The van der Waals surface area contributed by atoms with Crippen LogP contribution >= 0.6 is 0 Å². The fraction of sp³-hybridized carbons (Fsp3) is 0.750. The van der Waals surface area contributed by atoms with Crippen LogP contribution in [0.3, 0.4) is 0 Å². The molecule has 2 atom stereocenters. The van der Waals surface area contributed by atoms with Crippen molar-refractivity contribution in [2.24, 2.45) is 5.92 Å². The Hall–Kier alpha value is -1.60. The van der Waals surface area contributed by atoms with Gasteiger partial charge in [-0.3, -0.25) is 19.6 Å². The van der Waals surface area contributed by atoms with Gasteiger partial charge in [0, 0.05) is 57.9 Å². The zero-order valence-corrected chi connectivity index (χ0v) is 13.6. The van der Waals surface area contributed by atoms with Gasteiger partial charge in [0.25, 0.3) is 5.56 Å². The number of piperazine rings is 1. The monoisotopic (exact) mass is 318 g/mol. The molecule has 3 aliphatic rings. The summed E-state index contributed by atoms with van der Waals surface area (Å²) < 4.78 is 0. The molecule has 3 fully saturated rings. The molecule has 0 unspecified atom stereocenters. The predicted molar refractivity (Wildman–Crippen MR) is 90.6 cm³/mol. The van der Waals surface area contributed by atoms with Gasteiger partial charge in [-0.05, 0) is 25.2 Å². The summed E-state index contributed by atoms with van der Waals surface area (Å²) in [7, 11) is 0. The molecule has 1 aromatic heterocycles. The van der Waals surface area contributed by atoms with Gasteiger partial charge in [-0.2, -0.15) is 4.98 Å². The van der Waals surface area contributed by atoms with Gasteiger partial charge < -0.3 is 10.6 Å². The Labute approximate surface area is 136 Å². The molecule has 1 aliphatic carbocycles. The Morgan fingerprint density at radius 3 is 2.70 bits per heavy atom. The standard InChI is InChI=1S/C16H26N6O/c17-16-18-14(10-15(23)19-16)21-6-3-20(4-7-21)5-8-22-11-12-1-2-13(22)9-12/h10,12-13H,1-9,11H2,(H3,17,18,19,23)/t12-,13+/m0/s1. The third-order valence-electron chi connectivity index (χ3n) is 5.67. The molecule has 126 valence electrons. The van der Waals surface area contributed by atoms with Crippen molar-refractivity contribution < 1.29 is 0 Å². The second kappa shape index (κ2) is 6.13. The van der Waals surface area contributed by atoms with Crippen LogP contribution in [0.2, 0.25) is 0 Å². The first-order valence-corrected chi connectivity index (χ1v) is 8.75. The maximum atomic E-state index is 11.5. The number of nitrogens with zero attached hydrogens (tertiary/aromatic N) is 4. The second-order valence-electron chi connectivity index (χ2n) is 7.15. The van der Waals surface area contributed by atoms with Crippen LogP contribution in [0.5, 0.6) is 0 Å². The lowest BCUT2D eigenvalue weighted by Gasteiger charge is -2.37. The number of nitrogens with two attached hydrogens (primary N) is 1. The molecule has 7 nitrogen and oxygen atoms in total. The number of piperidine rings is 1. The summed E-state index contributed by atoms with van der Waals surface area (Å²) in [4.78, 5) is 25.6. The van der Waals surface area contributed by atoms with Gasteiger partial charge >= 0.3 is 0 Å². The van der Waals surface area contributed by atoms with Crippen LogP contribution in [0.25, 0.3) is 0 Å². The van der Waals surface area contributed by atoms with Crippen LogP contribution in [-0.4, -0.2) is 71.6 Å². The number of aromatic amines is 1. The molecule has 1 saturated carbocycles. The van der Waals surface area contributed by atoms with Crippen molar-refractivity contribution in [1.82, 2.24) is 19.8 Å². The van der Waals surface area contributed by atoms with Crippen LogP contribution in [0.4, 0.5) is 11.8 Å². The molecule has 4 rings (SSSR count). The van der Waals surface area contributed by atoms with Crippen molar-refractivity contribution >= 4 is 11.8 Å². The SMILES string of the molecule is Nc1nc(N2CCN(CCN3C[C@H]4CC[C@@H]3C4)CC2)cc(=O)[nH]1. The quantitative estimate of drug-likeness (QED) is 0.811. The third kappa shape index (κ3) is 3.21. The predicted octanol–water partition coefficient (Wildman–Crippen LogP) is -0.0416. The average molecular weight is 318 g/mol. The van der Waals surface area contributed by atoms with E-state index in [9.17, 15) is 4.79 Å². The molecule has 3 heterocycles. The van der Waals surface area contributed by atoms with E-state index >= 15 is 0 Å². The lowest BCUT2D eigenvalue weighted by atomic mass is 10.1. The number of H-pyrrole nitrogens is 1. The number of anilines is 2. The molecule has 2 aliphatic heterocycles. The first kappa shape index (κ1) is 15.0. The van der Waals surface area contributed by atoms with E-state index in [2.05, 4.69) is 24.7 Å². The zero-order valence-electron chi connectivity index (χ0n) is 13.6. The Morgan fingerprint density at radius 1 is 1.22 bits per heavy atom. The molecule has 2 bridgehead atoms. The van der Waals surface area contributed by atoms with Crippen molar-refractivity contribution in [2.45, 2.75) is 25.3 Å². The van der Waals surface area contributed by atoms with Crippen LogP contribution in [-0.2, 0) is 0 Å². The smallest absolute Gasteiger partial charge is 0.254 e. The highest BCUT2D eigenvalue weighted by Crippen LogP contribution is 2.36. The van der Waals surface area contributed by atoms with E-state index in [1.54, 1.807) is 0 Å². The van der Waals surface area contributed by atoms with E-state index in [-0.39, 0.29) is 11.5 Å². The Morgan fingerprint density at radius 2 is 2.04 bits per heavy atom. The van der Waals surface area contributed by atoms with E-state index in [4.69, 9.17) is 5.73 Å². The minimum absolute atomic E-state index is 0.181. The van der Waals surface area contributed by atoms with E-state index < -0.39 is 0 Å².